The highest BCUT2D eigenvalue weighted by atomic mass is 16.5. The van der Waals surface area contributed by atoms with Crippen molar-refractivity contribution >= 4 is 5.97 Å². The Morgan fingerprint density at radius 3 is 2.72 bits per heavy atom. The molecule has 1 aromatic heterocycles. The molecule has 0 spiro atoms. The van der Waals surface area contributed by atoms with E-state index in [0.717, 1.165) is 19.3 Å². The van der Waals surface area contributed by atoms with Crippen LogP contribution in [0.15, 0.2) is 4.52 Å². The fraction of sp³-hybridized carbons (Fsp3) is 0.750. The Labute approximate surface area is 105 Å². The molecule has 0 bridgehead atoms. The van der Waals surface area contributed by atoms with Gasteiger partial charge in [-0.15, -0.1) is 0 Å². The van der Waals surface area contributed by atoms with Gasteiger partial charge in [-0.1, -0.05) is 12.1 Å². The number of aliphatic carboxylic acids is 1. The molecule has 6 nitrogen and oxygen atoms in total. The molecular formula is C12H18N2O4. The van der Waals surface area contributed by atoms with Crippen molar-refractivity contribution in [1.29, 1.82) is 0 Å². The van der Waals surface area contributed by atoms with Gasteiger partial charge in [-0.25, -0.2) is 0 Å². The Bertz CT molecular complexity index is 397. The van der Waals surface area contributed by atoms with Crippen LogP contribution < -0.4 is 0 Å². The first kappa shape index (κ1) is 13.0. The molecule has 0 aliphatic heterocycles. The lowest BCUT2D eigenvalue weighted by atomic mass is 9.87. The van der Waals surface area contributed by atoms with Crippen LogP contribution in [-0.4, -0.2) is 27.3 Å². The zero-order chi connectivity index (χ0) is 13.0. The first-order chi connectivity index (χ1) is 8.69. The van der Waals surface area contributed by atoms with Crippen LogP contribution in [-0.2, 0) is 22.6 Å². The molecule has 1 fully saturated rings. The van der Waals surface area contributed by atoms with Gasteiger partial charge >= 0.3 is 5.97 Å². The van der Waals surface area contributed by atoms with Gasteiger partial charge in [0.1, 0.15) is 6.61 Å². The monoisotopic (exact) mass is 254 g/mol. The lowest BCUT2D eigenvalue weighted by Crippen LogP contribution is -2.26. The molecule has 6 heteroatoms. The number of hydrogen-bond acceptors (Lipinski definition) is 5. The van der Waals surface area contributed by atoms with Crippen LogP contribution in [0.3, 0.4) is 0 Å². The molecule has 0 atom stereocenters. The van der Waals surface area contributed by atoms with Gasteiger partial charge in [-0.2, -0.15) is 4.98 Å². The topological polar surface area (TPSA) is 85.5 Å². The molecule has 0 saturated heterocycles. The van der Waals surface area contributed by atoms with Gasteiger partial charge < -0.3 is 14.4 Å². The summed E-state index contributed by atoms with van der Waals surface area (Å²) < 4.78 is 10.7. The summed E-state index contributed by atoms with van der Waals surface area (Å²) >= 11 is 0. The molecule has 0 unspecified atom stereocenters. The smallest absolute Gasteiger partial charge is 0.306 e. The molecule has 2 rings (SSSR count). The summed E-state index contributed by atoms with van der Waals surface area (Å²) in [5.74, 6) is 0.274. The van der Waals surface area contributed by atoms with Crippen molar-refractivity contribution in [2.24, 2.45) is 5.92 Å². The lowest BCUT2D eigenvalue weighted by molar-refractivity contribution is -0.143. The van der Waals surface area contributed by atoms with Crippen LogP contribution in [0.25, 0.3) is 0 Å². The largest absolute Gasteiger partial charge is 0.481 e. The van der Waals surface area contributed by atoms with E-state index in [4.69, 9.17) is 14.4 Å². The molecule has 0 radical (unpaired) electrons. The highest BCUT2D eigenvalue weighted by Gasteiger charge is 2.26. The van der Waals surface area contributed by atoms with Crippen LogP contribution in [0.4, 0.5) is 0 Å². The summed E-state index contributed by atoms with van der Waals surface area (Å²) in [5.41, 5.74) is 0. The number of rotatable bonds is 5. The SMILES string of the molecule is CCc1nc(COC2CCC(C(=O)O)CC2)no1. The van der Waals surface area contributed by atoms with Crippen molar-refractivity contribution in [2.75, 3.05) is 0 Å². The second-order valence-electron chi connectivity index (χ2n) is 4.58. The van der Waals surface area contributed by atoms with Crippen molar-refractivity contribution in [3.8, 4) is 0 Å². The minimum Gasteiger partial charge on any atom is -0.481 e. The third-order valence-corrected chi connectivity index (χ3v) is 3.28. The maximum atomic E-state index is 10.8. The van der Waals surface area contributed by atoms with E-state index in [-0.39, 0.29) is 12.0 Å². The first-order valence-electron chi connectivity index (χ1n) is 6.35. The van der Waals surface area contributed by atoms with Crippen LogP contribution in [0, 0.1) is 5.92 Å². The van der Waals surface area contributed by atoms with E-state index < -0.39 is 5.97 Å². The number of carboxylic acid groups (broad SMARTS) is 1. The molecule has 1 aromatic rings. The van der Waals surface area contributed by atoms with E-state index in [0.29, 0.717) is 31.2 Å². The van der Waals surface area contributed by atoms with Crippen molar-refractivity contribution in [3.05, 3.63) is 11.7 Å². The normalized spacial score (nSPS) is 24.1. The highest BCUT2D eigenvalue weighted by molar-refractivity contribution is 5.70. The van der Waals surface area contributed by atoms with Gasteiger partial charge in [0, 0.05) is 6.42 Å². The molecule has 1 aliphatic carbocycles. The number of aromatic nitrogens is 2. The lowest BCUT2D eigenvalue weighted by Gasteiger charge is -2.25. The average Bonchev–Trinajstić information content (AvgIpc) is 2.85. The van der Waals surface area contributed by atoms with E-state index in [1.165, 1.54) is 0 Å². The number of nitrogens with zero attached hydrogens (tertiary/aromatic N) is 2. The molecule has 1 saturated carbocycles. The summed E-state index contributed by atoms with van der Waals surface area (Å²) in [4.78, 5) is 15.0. The quantitative estimate of drug-likeness (QED) is 0.862. The van der Waals surface area contributed by atoms with Crippen LogP contribution in [0.2, 0.25) is 0 Å². The van der Waals surface area contributed by atoms with Gasteiger partial charge in [0.2, 0.25) is 5.89 Å². The minimum absolute atomic E-state index is 0.115. The highest BCUT2D eigenvalue weighted by Crippen LogP contribution is 2.26. The molecule has 0 amide bonds. The van der Waals surface area contributed by atoms with Crippen LogP contribution >= 0.6 is 0 Å². The van der Waals surface area contributed by atoms with Crippen LogP contribution in [0.1, 0.15) is 44.3 Å². The van der Waals surface area contributed by atoms with Gasteiger partial charge in [0.15, 0.2) is 5.82 Å². The molecule has 18 heavy (non-hydrogen) atoms. The zero-order valence-electron chi connectivity index (χ0n) is 10.5. The Hall–Kier alpha value is -1.43. The predicted molar refractivity (Wildman–Crippen MR) is 61.8 cm³/mol. The molecular weight excluding hydrogens is 236 g/mol. The van der Waals surface area contributed by atoms with Crippen molar-refractivity contribution in [1.82, 2.24) is 10.1 Å². The Balaban J connectivity index is 1.73. The Kier molecular flexibility index (Phi) is 4.30. The third-order valence-electron chi connectivity index (χ3n) is 3.28. The van der Waals surface area contributed by atoms with Crippen molar-refractivity contribution < 1.29 is 19.2 Å². The fourth-order valence-corrected chi connectivity index (χ4v) is 2.16. The summed E-state index contributed by atoms with van der Waals surface area (Å²) in [5, 5.41) is 12.7. The second kappa shape index (κ2) is 5.95. The van der Waals surface area contributed by atoms with Gasteiger partial charge in [-0.05, 0) is 25.7 Å². The number of ether oxygens (including phenoxy) is 1. The van der Waals surface area contributed by atoms with Crippen molar-refractivity contribution in [3.63, 3.8) is 0 Å². The van der Waals surface area contributed by atoms with Crippen LogP contribution in [0.5, 0.6) is 0 Å². The third kappa shape index (κ3) is 3.29. The second-order valence-corrected chi connectivity index (χ2v) is 4.58. The van der Waals surface area contributed by atoms with E-state index in [2.05, 4.69) is 10.1 Å². The fourth-order valence-electron chi connectivity index (χ4n) is 2.16. The number of carboxylic acids is 1. The Morgan fingerprint density at radius 1 is 1.44 bits per heavy atom. The molecule has 100 valence electrons. The minimum atomic E-state index is -0.695. The summed E-state index contributed by atoms with van der Waals surface area (Å²) in [6, 6.07) is 0. The predicted octanol–water partition coefficient (Wildman–Crippen LogP) is 1.79. The number of carbonyl (C=O) groups is 1. The Morgan fingerprint density at radius 2 is 2.17 bits per heavy atom. The van der Waals surface area contributed by atoms with E-state index in [1.54, 1.807) is 0 Å². The maximum absolute atomic E-state index is 10.8. The van der Waals surface area contributed by atoms with Crippen molar-refractivity contribution in [2.45, 2.75) is 51.7 Å². The summed E-state index contributed by atoms with van der Waals surface area (Å²) in [6.07, 6.45) is 3.78. The molecule has 0 aromatic carbocycles. The van der Waals surface area contributed by atoms with Gasteiger partial charge in [0.25, 0.3) is 0 Å². The maximum Gasteiger partial charge on any atom is 0.306 e. The number of aryl methyl sites for hydroxylation is 1. The van der Waals surface area contributed by atoms with E-state index in [9.17, 15) is 4.79 Å². The average molecular weight is 254 g/mol. The van der Waals surface area contributed by atoms with E-state index in [1.807, 2.05) is 6.92 Å². The van der Waals surface area contributed by atoms with E-state index >= 15 is 0 Å². The first-order valence-corrected chi connectivity index (χ1v) is 6.35. The summed E-state index contributed by atoms with van der Waals surface area (Å²) in [6.45, 7) is 2.29. The molecule has 1 aliphatic rings. The number of hydrogen-bond donors (Lipinski definition) is 1. The standard InChI is InChI=1S/C12H18N2O4/c1-2-11-13-10(14-18-11)7-17-9-5-3-8(4-6-9)12(15)16/h8-9H,2-7H2,1H3,(H,15,16). The molecule has 1 N–H and O–H groups in total. The summed E-state index contributed by atoms with van der Waals surface area (Å²) in [7, 11) is 0. The molecule has 1 heterocycles. The zero-order valence-corrected chi connectivity index (χ0v) is 10.5. The van der Waals surface area contributed by atoms with Gasteiger partial charge in [-0.3, -0.25) is 4.79 Å². The van der Waals surface area contributed by atoms with Gasteiger partial charge in [0.05, 0.1) is 12.0 Å².